The van der Waals surface area contributed by atoms with Gasteiger partial charge < -0.3 is 15.1 Å². The molecular weight excluding hydrogens is 258 g/mol. The molecule has 0 radical (unpaired) electrons. The Hall–Kier alpha value is -0.520. The van der Waals surface area contributed by atoms with E-state index in [0.29, 0.717) is 30.8 Å². The number of aromatic nitrogens is 1. The van der Waals surface area contributed by atoms with Gasteiger partial charge in [-0.25, -0.2) is 9.37 Å². The van der Waals surface area contributed by atoms with Crippen molar-refractivity contribution in [1.29, 1.82) is 0 Å². The average Bonchev–Trinajstić information content (AvgIpc) is 2.15. The van der Waals surface area contributed by atoms with Crippen molar-refractivity contribution in [1.82, 2.24) is 10.3 Å². The third-order valence-corrected chi connectivity index (χ3v) is 3.12. The first-order valence-electron chi connectivity index (χ1n) is 4.43. The van der Waals surface area contributed by atoms with Crippen LogP contribution < -0.4 is 10.8 Å². The molecule has 1 aliphatic heterocycles. The molecule has 90 valence electrons. The topological polar surface area (TPSA) is 82.5 Å². The number of nitrogens with zero attached hydrogens (tertiary/aromatic N) is 1. The minimum Gasteiger partial charge on any atom is -0.320 e. The fourth-order valence-electron chi connectivity index (χ4n) is 1.56. The van der Waals surface area contributed by atoms with Gasteiger partial charge in [0.05, 0.1) is 0 Å². The maximum Gasteiger partial charge on any atom is 0.377 e. The zero-order valence-corrected chi connectivity index (χ0v) is 9.89. The molecular formula is C8H11ClFN2O3P. The van der Waals surface area contributed by atoms with Crippen LogP contribution in [0.2, 0.25) is 0 Å². The molecule has 1 aromatic heterocycles. The Bertz CT molecular complexity index is 451. The molecule has 16 heavy (non-hydrogen) atoms. The lowest BCUT2D eigenvalue weighted by Gasteiger charge is -2.17. The molecule has 0 unspecified atom stereocenters. The van der Waals surface area contributed by atoms with Crippen molar-refractivity contribution in [2.75, 3.05) is 6.54 Å². The van der Waals surface area contributed by atoms with E-state index in [1.807, 2.05) is 0 Å². The maximum absolute atomic E-state index is 13.3. The number of rotatable bonds is 1. The predicted molar refractivity (Wildman–Crippen MR) is 58.5 cm³/mol. The number of halogens is 2. The van der Waals surface area contributed by atoms with Crippen molar-refractivity contribution in [3.8, 4) is 0 Å². The molecule has 2 rings (SSSR count). The Morgan fingerprint density at radius 1 is 1.50 bits per heavy atom. The van der Waals surface area contributed by atoms with E-state index in [1.165, 1.54) is 0 Å². The van der Waals surface area contributed by atoms with Crippen molar-refractivity contribution < 1.29 is 18.7 Å². The Balaban J connectivity index is 0.00000128. The van der Waals surface area contributed by atoms with Crippen molar-refractivity contribution in [2.24, 2.45) is 0 Å². The van der Waals surface area contributed by atoms with E-state index in [9.17, 15) is 8.96 Å². The first kappa shape index (κ1) is 13.5. The summed E-state index contributed by atoms with van der Waals surface area (Å²) < 4.78 is 24.2. The molecule has 0 aliphatic carbocycles. The molecule has 0 aromatic carbocycles. The molecule has 0 bridgehead atoms. The van der Waals surface area contributed by atoms with Crippen LogP contribution >= 0.6 is 20.0 Å². The van der Waals surface area contributed by atoms with Crippen molar-refractivity contribution in [2.45, 2.75) is 13.0 Å². The predicted octanol–water partition coefficient (Wildman–Crippen LogP) is 0.0912. The van der Waals surface area contributed by atoms with Crippen LogP contribution in [0, 0.1) is 5.82 Å². The highest BCUT2D eigenvalue weighted by Crippen LogP contribution is 2.33. The minimum atomic E-state index is -4.61. The first-order valence-corrected chi connectivity index (χ1v) is 6.05. The Morgan fingerprint density at radius 3 is 2.81 bits per heavy atom. The van der Waals surface area contributed by atoms with E-state index in [0.717, 1.165) is 6.07 Å². The quantitative estimate of drug-likeness (QED) is 0.629. The van der Waals surface area contributed by atoms with Crippen LogP contribution in [0.1, 0.15) is 11.3 Å². The van der Waals surface area contributed by atoms with Crippen LogP contribution in [0.25, 0.3) is 0 Å². The molecule has 0 atom stereocenters. The monoisotopic (exact) mass is 268 g/mol. The molecule has 5 nitrogen and oxygen atoms in total. The normalized spacial score (nSPS) is 15.2. The number of nitrogens with one attached hydrogen (secondary N) is 1. The average molecular weight is 269 g/mol. The van der Waals surface area contributed by atoms with E-state index in [-0.39, 0.29) is 12.4 Å². The van der Waals surface area contributed by atoms with Gasteiger partial charge in [0, 0.05) is 25.2 Å². The van der Waals surface area contributed by atoms with Crippen molar-refractivity contribution >= 4 is 25.4 Å². The highest BCUT2D eigenvalue weighted by atomic mass is 35.5. The third kappa shape index (κ3) is 2.59. The number of hydrogen-bond acceptors (Lipinski definition) is 3. The van der Waals surface area contributed by atoms with Gasteiger partial charge in [0.25, 0.3) is 0 Å². The standard InChI is InChI=1S/C8H10FN2O3P.ClH/c9-6-3-5-4-10-2-1-7(5)11-8(6)15(12,13)14;/h3,10H,1-2,4H2,(H2,12,13,14);1H. The second-order valence-electron chi connectivity index (χ2n) is 3.37. The van der Waals surface area contributed by atoms with E-state index < -0.39 is 18.8 Å². The molecule has 8 heteroatoms. The Labute approximate surface area is 97.7 Å². The smallest absolute Gasteiger partial charge is 0.320 e. The summed E-state index contributed by atoms with van der Waals surface area (Å²) in [4.78, 5) is 21.4. The Morgan fingerprint density at radius 2 is 2.19 bits per heavy atom. The fraction of sp³-hybridized carbons (Fsp3) is 0.375. The second-order valence-corrected chi connectivity index (χ2v) is 4.88. The zero-order chi connectivity index (χ0) is 11.1. The number of hydrogen-bond donors (Lipinski definition) is 3. The Kier molecular flexibility index (Phi) is 4.04. The van der Waals surface area contributed by atoms with Crippen LogP contribution in [0.3, 0.4) is 0 Å². The van der Waals surface area contributed by atoms with Crippen LogP contribution in [-0.4, -0.2) is 21.3 Å². The van der Waals surface area contributed by atoms with Crippen molar-refractivity contribution in [3.63, 3.8) is 0 Å². The van der Waals surface area contributed by atoms with Crippen molar-refractivity contribution in [3.05, 3.63) is 23.1 Å². The maximum atomic E-state index is 13.3. The highest BCUT2D eigenvalue weighted by Gasteiger charge is 2.26. The van der Waals surface area contributed by atoms with Gasteiger partial charge in [0.2, 0.25) is 0 Å². The largest absolute Gasteiger partial charge is 0.377 e. The van der Waals surface area contributed by atoms with Crippen LogP contribution in [0.15, 0.2) is 6.07 Å². The van der Waals surface area contributed by atoms with Gasteiger partial charge >= 0.3 is 7.60 Å². The minimum absolute atomic E-state index is 0. The van der Waals surface area contributed by atoms with Crippen LogP contribution in [0.5, 0.6) is 0 Å². The summed E-state index contributed by atoms with van der Waals surface area (Å²) in [6, 6.07) is 1.14. The summed E-state index contributed by atoms with van der Waals surface area (Å²) in [5.41, 5.74) is 0.479. The van der Waals surface area contributed by atoms with Gasteiger partial charge in [-0.1, -0.05) is 0 Å². The number of fused-ring (bicyclic) bond motifs is 1. The molecule has 0 saturated heterocycles. The molecule has 3 N–H and O–H groups in total. The molecule has 1 aromatic rings. The first-order chi connectivity index (χ1) is 6.98. The van der Waals surface area contributed by atoms with Crippen LogP contribution in [0.4, 0.5) is 4.39 Å². The third-order valence-electron chi connectivity index (χ3n) is 2.26. The van der Waals surface area contributed by atoms with Gasteiger partial charge in [-0.15, -0.1) is 12.4 Å². The van der Waals surface area contributed by atoms with Gasteiger partial charge in [-0.3, -0.25) is 4.57 Å². The molecule has 1 aliphatic rings. The lowest BCUT2D eigenvalue weighted by molar-refractivity contribution is 0.384. The molecule has 0 fully saturated rings. The SMILES string of the molecule is Cl.O=P(O)(O)c1nc2c(cc1F)CNCC2. The molecule has 0 saturated carbocycles. The summed E-state index contributed by atoms with van der Waals surface area (Å²) in [6.07, 6.45) is 0.558. The zero-order valence-electron chi connectivity index (χ0n) is 8.18. The van der Waals surface area contributed by atoms with E-state index >= 15 is 0 Å². The summed E-state index contributed by atoms with van der Waals surface area (Å²) in [5.74, 6) is -0.939. The van der Waals surface area contributed by atoms with Gasteiger partial charge in [-0.2, -0.15) is 0 Å². The highest BCUT2D eigenvalue weighted by molar-refractivity contribution is 7.60. The van der Waals surface area contributed by atoms with E-state index in [1.54, 1.807) is 0 Å². The lowest BCUT2D eigenvalue weighted by Crippen LogP contribution is -2.28. The van der Waals surface area contributed by atoms with E-state index in [4.69, 9.17) is 9.79 Å². The van der Waals surface area contributed by atoms with Crippen LogP contribution in [-0.2, 0) is 17.5 Å². The summed E-state index contributed by atoms with van der Waals surface area (Å²) in [5, 5.41) is 3.03. The second kappa shape index (κ2) is 4.77. The van der Waals surface area contributed by atoms with Gasteiger partial charge in [0.15, 0.2) is 11.3 Å². The molecule has 0 spiro atoms. The summed E-state index contributed by atoms with van der Waals surface area (Å²) in [6.45, 7) is 1.17. The summed E-state index contributed by atoms with van der Waals surface area (Å²) >= 11 is 0. The summed E-state index contributed by atoms with van der Waals surface area (Å²) in [7, 11) is -4.61. The van der Waals surface area contributed by atoms with Gasteiger partial charge in [0.1, 0.15) is 0 Å². The van der Waals surface area contributed by atoms with E-state index in [2.05, 4.69) is 10.3 Å². The lowest BCUT2D eigenvalue weighted by atomic mass is 10.1. The fourth-order valence-corrected chi connectivity index (χ4v) is 2.15. The number of pyridine rings is 1. The van der Waals surface area contributed by atoms with Gasteiger partial charge in [-0.05, 0) is 11.6 Å². The molecule has 2 heterocycles. The molecule has 0 amide bonds.